The molecule has 1 heterocycles. The number of amides is 1. The average Bonchev–Trinajstić information content (AvgIpc) is 3.01. The summed E-state index contributed by atoms with van der Waals surface area (Å²) in [4.78, 5) is 21.9. The SMILES string of the molecule is N#CC(NC(=O)c1ccc([N+](=O)[O-])s1)C1CC1. The van der Waals surface area contributed by atoms with Crippen LogP contribution in [0, 0.1) is 27.4 Å². The molecule has 1 N–H and O–H groups in total. The fourth-order valence-corrected chi connectivity index (χ4v) is 2.17. The van der Waals surface area contributed by atoms with Crippen LogP contribution in [0.2, 0.25) is 0 Å². The fourth-order valence-electron chi connectivity index (χ4n) is 1.45. The maximum Gasteiger partial charge on any atom is 0.324 e. The molecule has 1 aromatic rings. The third-order valence-corrected chi connectivity index (χ3v) is 3.55. The molecule has 0 saturated heterocycles. The minimum absolute atomic E-state index is 0.0740. The Morgan fingerprint density at radius 2 is 2.35 bits per heavy atom. The Kier molecular flexibility index (Phi) is 3.06. The zero-order chi connectivity index (χ0) is 12.4. The highest BCUT2D eigenvalue weighted by Gasteiger charge is 2.32. The Hall–Kier alpha value is -1.94. The maximum atomic E-state index is 11.7. The topological polar surface area (TPSA) is 96.0 Å². The van der Waals surface area contributed by atoms with Crippen LogP contribution >= 0.6 is 11.3 Å². The molecule has 0 spiro atoms. The van der Waals surface area contributed by atoms with Crippen LogP contribution in [0.5, 0.6) is 0 Å². The van der Waals surface area contributed by atoms with E-state index in [1.165, 1.54) is 12.1 Å². The largest absolute Gasteiger partial charge is 0.335 e. The first kappa shape index (κ1) is 11.5. The van der Waals surface area contributed by atoms with E-state index in [-0.39, 0.29) is 15.8 Å². The van der Waals surface area contributed by atoms with Gasteiger partial charge in [0.2, 0.25) is 0 Å². The van der Waals surface area contributed by atoms with Crippen molar-refractivity contribution in [2.24, 2.45) is 5.92 Å². The van der Waals surface area contributed by atoms with Crippen molar-refractivity contribution in [2.75, 3.05) is 0 Å². The first-order chi connectivity index (χ1) is 8.11. The average molecular weight is 251 g/mol. The van der Waals surface area contributed by atoms with Crippen LogP contribution in [0.4, 0.5) is 5.00 Å². The van der Waals surface area contributed by atoms with Gasteiger partial charge in [-0.25, -0.2) is 0 Å². The van der Waals surface area contributed by atoms with Crippen molar-refractivity contribution < 1.29 is 9.72 Å². The van der Waals surface area contributed by atoms with Gasteiger partial charge in [-0.05, 0) is 24.8 Å². The molecule has 1 aliphatic carbocycles. The van der Waals surface area contributed by atoms with Gasteiger partial charge in [0.15, 0.2) is 0 Å². The first-order valence-electron chi connectivity index (χ1n) is 5.06. The van der Waals surface area contributed by atoms with Gasteiger partial charge in [-0.3, -0.25) is 14.9 Å². The lowest BCUT2D eigenvalue weighted by Gasteiger charge is -2.08. The maximum absolute atomic E-state index is 11.7. The number of thiophene rings is 1. The molecule has 6 nitrogen and oxygen atoms in total. The molecule has 0 bridgehead atoms. The molecular weight excluding hydrogens is 242 g/mol. The summed E-state index contributed by atoms with van der Waals surface area (Å²) in [6, 6.07) is 4.24. The van der Waals surface area contributed by atoms with Gasteiger partial charge in [0.05, 0.1) is 15.9 Å². The van der Waals surface area contributed by atoms with E-state index in [4.69, 9.17) is 5.26 Å². The van der Waals surface area contributed by atoms with Crippen molar-refractivity contribution in [1.82, 2.24) is 5.32 Å². The van der Waals surface area contributed by atoms with Gasteiger partial charge in [-0.15, -0.1) is 0 Å². The first-order valence-corrected chi connectivity index (χ1v) is 5.88. The van der Waals surface area contributed by atoms with E-state index >= 15 is 0 Å². The van der Waals surface area contributed by atoms with Gasteiger partial charge in [-0.1, -0.05) is 11.3 Å². The van der Waals surface area contributed by atoms with Crippen molar-refractivity contribution in [3.63, 3.8) is 0 Å². The molecule has 1 unspecified atom stereocenters. The molecule has 1 amide bonds. The molecule has 1 atom stereocenters. The van der Waals surface area contributed by atoms with Crippen LogP contribution in [0.3, 0.4) is 0 Å². The summed E-state index contributed by atoms with van der Waals surface area (Å²) < 4.78 is 0. The quantitative estimate of drug-likeness (QED) is 0.650. The van der Waals surface area contributed by atoms with E-state index in [1.807, 2.05) is 6.07 Å². The number of carbonyl (C=O) groups is 1. The van der Waals surface area contributed by atoms with Gasteiger partial charge >= 0.3 is 5.00 Å². The normalized spacial score (nSPS) is 15.9. The second kappa shape index (κ2) is 4.51. The molecular formula is C10H9N3O3S. The molecule has 1 saturated carbocycles. The predicted molar refractivity (Wildman–Crippen MR) is 60.6 cm³/mol. The lowest BCUT2D eigenvalue weighted by molar-refractivity contribution is -0.380. The molecule has 1 fully saturated rings. The lowest BCUT2D eigenvalue weighted by atomic mass is 10.2. The summed E-state index contributed by atoms with van der Waals surface area (Å²) in [5.41, 5.74) is 0. The standard InChI is InChI=1S/C10H9N3O3S/c11-5-7(6-1-2-6)12-10(14)8-3-4-9(17-8)13(15)16/h3-4,6-7H,1-2H2,(H,12,14). The number of carbonyl (C=O) groups excluding carboxylic acids is 1. The molecule has 1 aliphatic rings. The molecule has 88 valence electrons. The molecule has 1 aromatic heterocycles. The van der Waals surface area contributed by atoms with E-state index < -0.39 is 16.9 Å². The Morgan fingerprint density at radius 1 is 1.65 bits per heavy atom. The van der Waals surface area contributed by atoms with Crippen molar-refractivity contribution in [1.29, 1.82) is 5.26 Å². The van der Waals surface area contributed by atoms with E-state index in [0.29, 0.717) is 0 Å². The number of nitrogens with one attached hydrogen (secondary N) is 1. The van der Waals surface area contributed by atoms with Crippen LogP contribution < -0.4 is 5.32 Å². The zero-order valence-electron chi connectivity index (χ0n) is 8.75. The van der Waals surface area contributed by atoms with Gasteiger partial charge in [-0.2, -0.15) is 5.26 Å². The molecule has 2 rings (SSSR count). The fraction of sp³-hybridized carbons (Fsp3) is 0.400. The summed E-state index contributed by atoms with van der Waals surface area (Å²) in [5.74, 6) is -0.180. The number of nitriles is 1. The van der Waals surface area contributed by atoms with E-state index in [1.54, 1.807) is 0 Å². The van der Waals surface area contributed by atoms with Gasteiger partial charge in [0.25, 0.3) is 5.91 Å². The minimum atomic E-state index is -0.538. The number of rotatable bonds is 4. The monoisotopic (exact) mass is 251 g/mol. The van der Waals surface area contributed by atoms with Crippen LogP contribution in [-0.2, 0) is 0 Å². The molecule has 0 aliphatic heterocycles. The summed E-state index contributed by atoms with van der Waals surface area (Å²) in [6.07, 6.45) is 1.90. The smallest absolute Gasteiger partial charge is 0.324 e. The van der Waals surface area contributed by atoms with Crippen molar-refractivity contribution >= 4 is 22.2 Å². The van der Waals surface area contributed by atoms with Crippen LogP contribution in [0.25, 0.3) is 0 Å². The van der Waals surface area contributed by atoms with E-state index in [0.717, 1.165) is 24.2 Å². The Bertz CT molecular complexity index is 501. The van der Waals surface area contributed by atoms with Crippen molar-refractivity contribution in [3.8, 4) is 6.07 Å². The Morgan fingerprint density at radius 3 is 2.82 bits per heavy atom. The molecule has 0 aromatic carbocycles. The van der Waals surface area contributed by atoms with Crippen molar-refractivity contribution in [3.05, 3.63) is 27.1 Å². The van der Waals surface area contributed by atoms with Crippen LogP contribution in [0.15, 0.2) is 12.1 Å². The summed E-state index contributed by atoms with van der Waals surface area (Å²) in [6.45, 7) is 0. The van der Waals surface area contributed by atoms with Crippen LogP contribution in [-0.4, -0.2) is 16.9 Å². The lowest BCUT2D eigenvalue weighted by Crippen LogP contribution is -2.34. The second-order valence-corrected chi connectivity index (χ2v) is 4.87. The van der Waals surface area contributed by atoms with E-state index in [2.05, 4.69) is 5.32 Å². The highest BCUT2D eigenvalue weighted by Crippen LogP contribution is 2.32. The highest BCUT2D eigenvalue weighted by molar-refractivity contribution is 7.17. The number of hydrogen-bond acceptors (Lipinski definition) is 5. The highest BCUT2D eigenvalue weighted by atomic mass is 32.1. The zero-order valence-corrected chi connectivity index (χ0v) is 9.57. The number of hydrogen-bond donors (Lipinski definition) is 1. The van der Waals surface area contributed by atoms with Gasteiger partial charge in [0.1, 0.15) is 6.04 Å². The Labute approximate surface area is 101 Å². The summed E-state index contributed by atoms with van der Waals surface area (Å²) in [7, 11) is 0. The van der Waals surface area contributed by atoms with Gasteiger partial charge < -0.3 is 5.32 Å². The Balaban J connectivity index is 2.03. The minimum Gasteiger partial charge on any atom is -0.335 e. The predicted octanol–water partition coefficient (Wildman–Crippen LogP) is 1.69. The molecule has 0 radical (unpaired) electrons. The second-order valence-electron chi connectivity index (χ2n) is 3.81. The number of nitro groups is 1. The molecule has 7 heteroatoms. The van der Waals surface area contributed by atoms with E-state index in [9.17, 15) is 14.9 Å². The third-order valence-electron chi connectivity index (χ3n) is 2.51. The molecule has 17 heavy (non-hydrogen) atoms. The number of nitrogens with zero attached hydrogens (tertiary/aromatic N) is 2. The van der Waals surface area contributed by atoms with Crippen molar-refractivity contribution in [2.45, 2.75) is 18.9 Å². The third kappa shape index (κ3) is 2.60. The summed E-state index contributed by atoms with van der Waals surface area (Å²) >= 11 is 0.813. The summed E-state index contributed by atoms with van der Waals surface area (Å²) in [5, 5.41) is 21.8. The van der Waals surface area contributed by atoms with Crippen LogP contribution in [0.1, 0.15) is 22.5 Å². The van der Waals surface area contributed by atoms with Gasteiger partial charge in [0, 0.05) is 6.07 Å².